The van der Waals surface area contributed by atoms with Crippen molar-refractivity contribution in [1.29, 1.82) is 0 Å². The van der Waals surface area contributed by atoms with Crippen molar-refractivity contribution in [3.05, 3.63) is 30.2 Å². The van der Waals surface area contributed by atoms with E-state index in [0.29, 0.717) is 17.7 Å². The Bertz CT molecular complexity index is 846. The molecule has 25 heavy (non-hydrogen) atoms. The summed E-state index contributed by atoms with van der Waals surface area (Å²) in [4.78, 5) is 9.28. The van der Waals surface area contributed by atoms with Gasteiger partial charge in [0.2, 0.25) is 0 Å². The fraction of sp³-hybridized carbons (Fsp3) is 0.500. The maximum atomic E-state index is 5.45. The zero-order valence-electron chi connectivity index (χ0n) is 14.7. The molecule has 1 aliphatic heterocycles. The largest absolute Gasteiger partial charge is 0.381 e. The van der Waals surface area contributed by atoms with Crippen molar-refractivity contribution in [2.75, 3.05) is 18.5 Å². The van der Waals surface area contributed by atoms with Crippen molar-refractivity contribution in [3.63, 3.8) is 0 Å². The topological polar surface area (TPSA) is 80.7 Å². The lowest BCUT2D eigenvalue weighted by molar-refractivity contribution is 0.0616. The third-order valence-electron chi connectivity index (χ3n) is 4.74. The van der Waals surface area contributed by atoms with Gasteiger partial charge in [-0.2, -0.15) is 5.10 Å². The van der Waals surface area contributed by atoms with Gasteiger partial charge in [0.05, 0.1) is 6.20 Å². The van der Waals surface area contributed by atoms with Crippen LogP contribution in [0, 0.1) is 5.92 Å². The van der Waals surface area contributed by atoms with Gasteiger partial charge in [0.1, 0.15) is 5.52 Å². The summed E-state index contributed by atoms with van der Waals surface area (Å²) in [5, 5.41) is 10.6. The Hall–Kier alpha value is -2.41. The number of hydrogen-bond donors (Lipinski definition) is 2. The van der Waals surface area contributed by atoms with Gasteiger partial charge in [0, 0.05) is 37.7 Å². The van der Waals surface area contributed by atoms with Crippen LogP contribution >= 0.6 is 0 Å². The van der Waals surface area contributed by atoms with E-state index < -0.39 is 0 Å². The highest BCUT2D eigenvalue weighted by molar-refractivity contribution is 5.73. The van der Waals surface area contributed by atoms with E-state index in [-0.39, 0.29) is 0 Å². The molecule has 1 aliphatic rings. The molecule has 0 radical (unpaired) electrons. The van der Waals surface area contributed by atoms with Gasteiger partial charge in [-0.15, -0.1) is 0 Å². The number of hydrogen-bond acceptors (Lipinski definition) is 5. The highest BCUT2D eigenvalue weighted by Gasteiger charge is 2.16. The lowest BCUT2D eigenvalue weighted by atomic mass is 10.0. The highest BCUT2D eigenvalue weighted by atomic mass is 16.5. The molecule has 0 bridgehead atoms. The first-order valence-corrected chi connectivity index (χ1v) is 8.91. The first-order chi connectivity index (χ1) is 12.2. The Morgan fingerprint density at radius 2 is 2.16 bits per heavy atom. The minimum Gasteiger partial charge on any atom is -0.381 e. The molecule has 0 saturated carbocycles. The molecule has 7 nitrogen and oxygen atoms in total. The van der Waals surface area contributed by atoms with Gasteiger partial charge in [0.25, 0.3) is 0 Å². The fourth-order valence-electron chi connectivity index (χ4n) is 3.19. The number of ether oxygens (including phenoxy) is 1. The van der Waals surface area contributed by atoms with Crippen LogP contribution in [0.3, 0.4) is 0 Å². The van der Waals surface area contributed by atoms with E-state index in [2.05, 4.69) is 45.1 Å². The number of aromatic amines is 1. The zero-order chi connectivity index (χ0) is 17.2. The highest BCUT2D eigenvalue weighted by Crippen LogP contribution is 2.22. The van der Waals surface area contributed by atoms with Crippen LogP contribution < -0.4 is 5.32 Å². The number of H-pyrrole nitrogens is 1. The molecule has 2 N–H and O–H groups in total. The van der Waals surface area contributed by atoms with Crippen LogP contribution in [0.4, 0.5) is 11.6 Å². The van der Waals surface area contributed by atoms with Gasteiger partial charge < -0.3 is 14.6 Å². The Kier molecular flexibility index (Phi) is 4.40. The van der Waals surface area contributed by atoms with Crippen molar-refractivity contribution in [1.82, 2.24) is 24.7 Å². The Labute approximate surface area is 146 Å². The van der Waals surface area contributed by atoms with Gasteiger partial charge in [-0.3, -0.25) is 5.10 Å². The average molecular weight is 340 g/mol. The molecule has 0 unspecified atom stereocenters. The number of aromatic nitrogens is 5. The van der Waals surface area contributed by atoms with Crippen molar-refractivity contribution in [2.24, 2.45) is 5.92 Å². The standard InChI is InChI=1S/C18H24N6O/c1-12(2)15-9-16(23-22-15)20-17-10-19-14-3-6-24(18(14)21-17)11-13-4-7-25-8-5-13/h3,6,9-10,12-13H,4-5,7-8,11H2,1-2H3,(H2,20,21,22,23). The molecule has 7 heteroatoms. The van der Waals surface area contributed by atoms with Crippen molar-refractivity contribution in [2.45, 2.75) is 39.2 Å². The monoisotopic (exact) mass is 340 g/mol. The van der Waals surface area contributed by atoms with E-state index in [1.165, 1.54) is 0 Å². The summed E-state index contributed by atoms with van der Waals surface area (Å²) in [6.45, 7) is 6.95. The molecule has 3 aromatic rings. The summed E-state index contributed by atoms with van der Waals surface area (Å²) in [6.07, 6.45) is 6.05. The first-order valence-electron chi connectivity index (χ1n) is 8.91. The molecule has 1 fully saturated rings. The van der Waals surface area contributed by atoms with Crippen LogP contribution in [0.5, 0.6) is 0 Å². The maximum absolute atomic E-state index is 5.45. The van der Waals surface area contributed by atoms with Crippen LogP contribution in [0.15, 0.2) is 24.5 Å². The number of fused-ring (bicyclic) bond motifs is 1. The Morgan fingerprint density at radius 1 is 1.32 bits per heavy atom. The maximum Gasteiger partial charge on any atom is 0.161 e. The first kappa shape index (κ1) is 16.1. The van der Waals surface area contributed by atoms with Gasteiger partial charge >= 0.3 is 0 Å². The molecule has 0 spiro atoms. The SMILES string of the molecule is CC(C)c1cc(Nc2cnc3ccn(CC4CCOCC4)c3n2)n[nH]1. The second kappa shape index (κ2) is 6.84. The summed E-state index contributed by atoms with van der Waals surface area (Å²) in [6, 6.07) is 4.04. The van der Waals surface area contributed by atoms with Crippen molar-refractivity contribution < 1.29 is 4.74 Å². The third kappa shape index (κ3) is 3.51. The van der Waals surface area contributed by atoms with E-state index >= 15 is 0 Å². The van der Waals surface area contributed by atoms with Crippen LogP contribution in [-0.4, -0.2) is 37.9 Å². The third-order valence-corrected chi connectivity index (χ3v) is 4.74. The zero-order valence-corrected chi connectivity index (χ0v) is 14.7. The molecule has 4 heterocycles. The summed E-state index contributed by atoms with van der Waals surface area (Å²) >= 11 is 0. The summed E-state index contributed by atoms with van der Waals surface area (Å²) in [5.74, 6) is 2.53. The quantitative estimate of drug-likeness (QED) is 0.743. The fourth-order valence-corrected chi connectivity index (χ4v) is 3.19. The van der Waals surface area contributed by atoms with E-state index in [1.807, 2.05) is 12.1 Å². The second-order valence-electron chi connectivity index (χ2n) is 6.98. The molecule has 4 rings (SSSR count). The second-order valence-corrected chi connectivity index (χ2v) is 6.98. The van der Waals surface area contributed by atoms with Crippen molar-refractivity contribution in [3.8, 4) is 0 Å². The van der Waals surface area contributed by atoms with E-state index in [0.717, 1.165) is 55.3 Å². The molecule has 132 valence electrons. The molecule has 0 amide bonds. The molecule has 0 aromatic carbocycles. The number of nitrogens with one attached hydrogen (secondary N) is 2. The van der Waals surface area contributed by atoms with Crippen LogP contribution in [-0.2, 0) is 11.3 Å². The molecular weight excluding hydrogens is 316 g/mol. The summed E-state index contributed by atoms with van der Waals surface area (Å²) in [7, 11) is 0. The Balaban J connectivity index is 1.54. The normalized spacial score (nSPS) is 16.0. The van der Waals surface area contributed by atoms with Crippen LogP contribution in [0.25, 0.3) is 11.2 Å². The number of rotatable bonds is 5. The summed E-state index contributed by atoms with van der Waals surface area (Å²) in [5.41, 5.74) is 2.93. The lowest BCUT2D eigenvalue weighted by Crippen LogP contribution is -2.20. The van der Waals surface area contributed by atoms with Gasteiger partial charge in [-0.25, -0.2) is 9.97 Å². The number of nitrogens with zero attached hydrogens (tertiary/aromatic N) is 4. The van der Waals surface area contributed by atoms with Crippen LogP contribution in [0.2, 0.25) is 0 Å². The number of anilines is 2. The lowest BCUT2D eigenvalue weighted by Gasteiger charge is -2.22. The molecule has 3 aromatic heterocycles. The van der Waals surface area contributed by atoms with Gasteiger partial charge in [0.15, 0.2) is 17.3 Å². The van der Waals surface area contributed by atoms with E-state index in [1.54, 1.807) is 6.20 Å². The predicted octanol–water partition coefficient (Wildman–Crippen LogP) is 3.45. The predicted molar refractivity (Wildman–Crippen MR) is 97.0 cm³/mol. The van der Waals surface area contributed by atoms with E-state index in [9.17, 15) is 0 Å². The minimum absolute atomic E-state index is 0.410. The summed E-state index contributed by atoms with van der Waals surface area (Å²) < 4.78 is 7.66. The van der Waals surface area contributed by atoms with Gasteiger partial charge in [-0.05, 0) is 30.7 Å². The van der Waals surface area contributed by atoms with Gasteiger partial charge in [-0.1, -0.05) is 13.8 Å². The average Bonchev–Trinajstić information content (AvgIpc) is 3.24. The molecular formula is C18H24N6O. The van der Waals surface area contributed by atoms with E-state index in [4.69, 9.17) is 9.72 Å². The van der Waals surface area contributed by atoms with Crippen molar-refractivity contribution >= 4 is 22.8 Å². The Morgan fingerprint density at radius 3 is 2.92 bits per heavy atom. The molecule has 0 atom stereocenters. The molecule has 1 saturated heterocycles. The molecule has 0 aliphatic carbocycles. The smallest absolute Gasteiger partial charge is 0.161 e. The minimum atomic E-state index is 0.410. The van der Waals surface area contributed by atoms with Crippen LogP contribution in [0.1, 0.15) is 38.3 Å².